The van der Waals surface area contributed by atoms with E-state index in [1.54, 1.807) is 11.3 Å². The monoisotopic (exact) mass is 247 g/mol. The van der Waals surface area contributed by atoms with Gasteiger partial charge in [-0.2, -0.15) is 11.3 Å². The Bertz CT molecular complexity index is 461. The van der Waals surface area contributed by atoms with Gasteiger partial charge in [-0.05, 0) is 46.0 Å². The molecule has 0 spiro atoms. The Morgan fingerprint density at radius 3 is 2.59 bits per heavy atom. The average molecular weight is 247 g/mol. The van der Waals surface area contributed by atoms with Crippen molar-refractivity contribution in [3.63, 3.8) is 0 Å². The second-order valence-electron chi connectivity index (χ2n) is 3.89. The molecular weight excluding hydrogens is 230 g/mol. The third-order valence-electron chi connectivity index (χ3n) is 2.60. The maximum absolute atomic E-state index is 5.71. The van der Waals surface area contributed by atoms with E-state index in [0.29, 0.717) is 6.54 Å². The van der Waals surface area contributed by atoms with Crippen LogP contribution in [0.1, 0.15) is 18.9 Å². The van der Waals surface area contributed by atoms with Crippen LogP contribution in [0.5, 0.6) is 5.75 Å². The molecule has 0 fully saturated rings. The number of ether oxygens (including phenoxy) is 1. The maximum atomic E-state index is 5.71. The summed E-state index contributed by atoms with van der Waals surface area (Å²) in [5.41, 5.74) is 9.36. The molecule has 0 unspecified atom stereocenters. The molecule has 2 N–H and O–H groups in total. The van der Waals surface area contributed by atoms with Crippen LogP contribution >= 0.6 is 11.3 Å². The molecule has 0 atom stereocenters. The number of thiophene rings is 1. The minimum absolute atomic E-state index is 0.590. The van der Waals surface area contributed by atoms with Crippen molar-refractivity contribution < 1.29 is 4.74 Å². The fraction of sp³-hybridized carbons (Fsp3) is 0.286. The predicted molar refractivity (Wildman–Crippen MR) is 73.4 cm³/mol. The van der Waals surface area contributed by atoms with Crippen molar-refractivity contribution in [3.8, 4) is 16.9 Å². The molecule has 0 bridgehead atoms. The van der Waals surface area contributed by atoms with Crippen LogP contribution in [0.2, 0.25) is 0 Å². The summed E-state index contributed by atoms with van der Waals surface area (Å²) < 4.78 is 5.56. The van der Waals surface area contributed by atoms with Crippen molar-refractivity contribution in [1.82, 2.24) is 0 Å². The van der Waals surface area contributed by atoms with Gasteiger partial charge in [-0.25, -0.2) is 0 Å². The van der Waals surface area contributed by atoms with Crippen molar-refractivity contribution in [2.75, 3.05) is 6.61 Å². The molecule has 0 radical (unpaired) electrons. The molecule has 1 heterocycles. The first-order chi connectivity index (χ1) is 8.35. The molecule has 2 nitrogen and oxygen atoms in total. The summed E-state index contributed by atoms with van der Waals surface area (Å²) in [4.78, 5) is 0. The fourth-order valence-corrected chi connectivity index (χ4v) is 2.56. The Labute approximate surface area is 106 Å². The maximum Gasteiger partial charge on any atom is 0.119 e. The third-order valence-corrected chi connectivity index (χ3v) is 3.39. The lowest BCUT2D eigenvalue weighted by Crippen LogP contribution is -1.96. The molecule has 0 aliphatic rings. The first-order valence-electron chi connectivity index (χ1n) is 5.83. The van der Waals surface area contributed by atoms with Gasteiger partial charge < -0.3 is 10.5 Å². The van der Waals surface area contributed by atoms with Crippen LogP contribution in [-0.4, -0.2) is 6.61 Å². The van der Waals surface area contributed by atoms with E-state index in [0.717, 1.165) is 18.8 Å². The van der Waals surface area contributed by atoms with Crippen molar-refractivity contribution in [2.45, 2.75) is 19.9 Å². The Balaban J connectivity index is 2.17. The van der Waals surface area contributed by atoms with Crippen molar-refractivity contribution in [3.05, 3.63) is 40.6 Å². The van der Waals surface area contributed by atoms with Gasteiger partial charge in [0.05, 0.1) is 6.61 Å². The van der Waals surface area contributed by atoms with Gasteiger partial charge in [-0.1, -0.05) is 19.1 Å². The summed E-state index contributed by atoms with van der Waals surface area (Å²) in [6, 6.07) is 8.21. The highest BCUT2D eigenvalue weighted by Gasteiger charge is 2.05. The minimum atomic E-state index is 0.590. The molecule has 17 heavy (non-hydrogen) atoms. The Morgan fingerprint density at radius 2 is 1.94 bits per heavy atom. The van der Waals surface area contributed by atoms with Gasteiger partial charge in [0.15, 0.2) is 0 Å². The third kappa shape index (κ3) is 2.87. The molecule has 1 aromatic carbocycles. The summed E-state index contributed by atoms with van der Waals surface area (Å²) in [6.45, 7) is 3.46. The zero-order chi connectivity index (χ0) is 12.1. The second-order valence-corrected chi connectivity index (χ2v) is 4.63. The van der Waals surface area contributed by atoms with E-state index < -0.39 is 0 Å². The van der Waals surface area contributed by atoms with Crippen LogP contribution in [0.4, 0.5) is 0 Å². The van der Waals surface area contributed by atoms with Crippen molar-refractivity contribution in [2.24, 2.45) is 5.73 Å². The number of hydrogen-bond acceptors (Lipinski definition) is 3. The molecule has 1 aromatic heterocycles. The summed E-state index contributed by atoms with van der Waals surface area (Å²) in [7, 11) is 0. The Kier molecular flexibility index (Phi) is 4.18. The summed E-state index contributed by atoms with van der Waals surface area (Å²) in [6.07, 6.45) is 1.03. The summed E-state index contributed by atoms with van der Waals surface area (Å²) in [5.74, 6) is 0.931. The van der Waals surface area contributed by atoms with E-state index in [2.05, 4.69) is 29.8 Å². The predicted octanol–water partition coefficient (Wildman–Crippen LogP) is 3.66. The minimum Gasteiger partial charge on any atom is -0.494 e. The SMILES string of the molecule is CCCOc1ccc(-c2cscc2CN)cc1. The van der Waals surface area contributed by atoms with Gasteiger partial charge in [-0.3, -0.25) is 0 Å². The zero-order valence-electron chi connectivity index (χ0n) is 9.98. The standard InChI is InChI=1S/C14H17NOS/c1-2-7-16-13-5-3-11(4-6-13)14-10-17-9-12(14)8-15/h3-6,9-10H,2,7-8,15H2,1H3. The van der Waals surface area contributed by atoms with Crippen LogP contribution in [0.15, 0.2) is 35.0 Å². The summed E-state index contributed by atoms with van der Waals surface area (Å²) >= 11 is 1.69. The quantitative estimate of drug-likeness (QED) is 0.875. The number of rotatable bonds is 5. The Hall–Kier alpha value is -1.32. The van der Waals surface area contributed by atoms with Crippen LogP contribution in [0, 0.1) is 0 Å². The van der Waals surface area contributed by atoms with Gasteiger partial charge in [0.25, 0.3) is 0 Å². The first-order valence-corrected chi connectivity index (χ1v) is 6.77. The second kappa shape index (κ2) is 5.84. The molecule has 90 valence electrons. The van der Waals surface area contributed by atoms with Gasteiger partial charge in [0.1, 0.15) is 5.75 Å². The smallest absolute Gasteiger partial charge is 0.119 e. The average Bonchev–Trinajstić information content (AvgIpc) is 2.85. The van der Waals surface area contributed by atoms with Gasteiger partial charge >= 0.3 is 0 Å². The number of nitrogens with two attached hydrogens (primary N) is 1. The van der Waals surface area contributed by atoms with E-state index in [1.807, 2.05) is 12.1 Å². The van der Waals surface area contributed by atoms with Crippen molar-refractivity contribution in [1.29, 1.82) is 0 Å². The topological polar surface area (TPSA) is 35.2 Å². The number of benzene rings is 1. The molecule has 3 heteroatoms. The van der Waals surface area contributed by atoms with Gasteiger partial charge in [0, 0.05) is 6.54 Å². The molecule has 0 aliphatic carbocycles. The molecule has 0 saturated heterocycles. The van der Waals surface area contributed by atoms with Gasteiger partial charge in [-0.15, -0.1) is 0 Å². The largest absolute Gasteiger partial charge is 0.494 e. The zero-order valence-corrected chi connectivity index (χ0v) is 10.8. The highest BCUT2D eigenvalue weighted by atomic mass is 32.1. The molecule has 2 rings (SSSR count). The lowest BCUT2D eigenvalue weighted by molar-refractivity contribution is 0.317. The normalized spacial score (nSPS) is 10.5. The molecule has 2 aromatic rings. The van der Waals surface area contributed by atoms with Crippen LogP contribution in [-0.2, 0) is 6.54 Å². The van der Waals surface area contributed by atoms with Crippen LogP contribution in [0.25, 0.3) is 11.1 Å². The Morgan fingerprint density at radius 1 is 1.18 bits per heavy atom. The lowest BCUT2D eigenvalue weighted by Gasteiger charge is -2.06. The van der Waals surface area contributed by atoms with Crippen LogP contribution < -0.4 is 10.5 Å². The van der Waals surface area contributed by atoms with Crippen molar-refractivity contribution >= 4 is 11.3 Å². The lowest BCUT2D eigenvalue weighted by atomic mass is 10.0. The highest BCUT2D eigenvalue weighted by Crippen LogP contribution is 2.28. The van der Waals surface area contributed by atoms with Crippen LogP contribution in [0.3, 0.4) is 0 Å². The molecular formula is C14H17NOS. The molecule has 0 amide bonds. The molecule has 0 aliphatic heterocycles. The number of hydrogen-bond donors (Lipinski definition) is 1. The van der Waals surface area contributed by atoms with E-state index in [-0.39, 0.29) is 0 Å². The van der Waals surface area contributed by atoms with E-state index in [9.17, 15) is 0 Å². The highest BCUT2D eigenvalue weighted by molar-refractivity contribution is 7.08. The molecule has 0 saturated carbocycles. The van der Waals surface area contributed by atoms with E-state index in [4.69, 9.17) is 10.5 Å². The first kappa shape index (κ1) is 12.1. The van der Waals surface area contributed by atoms with E-state index in [1.165, 1.54) is 16.7 Å². The summed E-state index contributed by atoms with van der Waals surface area (Å²) in [5, 5.41) is 4.25. The van der Waals surface area contributed by atoms with Gasteiger partial charge in [0.2, 0.25) is 0 Å². The fourth-order valence-electron chi connectivity index (χ4n) is 1.69. The van der Waals surface area contributed by atoms with E-state index >= 15 is 0 Å².